The van der Waals surface area contributed by atoms with Crippen molar-refractivity contribution in [2.24, 2.45) is 17.3 Å². The van der Waals surface area contributed by atoms with Gasteiger partial charge in [-0.3, -0.25) is 0 Å². The molecule has 1 saturated carbocycles. The van der Waals surface area contributed by atoms with Gasteiger partial charge in [0.05, 0.1) is 0 Å². The molecule has 2 nitrogen and oxygen atoms in total. The van der Waals surface area contributed by atoms with Gasteiger partial charge in [-0.1, -0.05) is 34.1 Å². The van der Waals surface area contributed by atoms with Crippen molar-refractivity contribution in [1.29, 1.82) is 0 Å². The van der Waals surface area contributed by atoms with Gasteiger partial charge >= 0.3 is 0 Å². The van der Waals surface area contributed by atoms with Crippen molar-refractivity contribution in [1.82, 2.24) is 10.6 Å². The fourth-order valence-electron chi connectivity index (χ4n) is 3.44. The minimum absolute atomic E-state index is 0.423. The minimum atomic E-state index is 0.423. The maximum absolute atomic E-state index is 3.87. The average Bonchev–Trinajstić information content (AvgIpc) is 2.94. The summed E-state index contributed by atoms with van der Waals surface area (Å²) in [7, 11) is 0. The van der Waals surface area contributed by atoms with Gasteiger partial charge in [-0.15, -0.1) is 0 Å². The predicted octanol–water partition coefficient (Wildman–Crippen LogP) is 3.18. The summed E-state index contributed by atoms with van der Waals surface area (Å²) >= 11 is 0. The molecule has 0 aromatic carbocycles. The fraction of sp³-hybridized carbons (Fsp3) is 1.00. The maximum atomic E-state index is 3.87. The first-order valence-electron chi connectivity index (χ1n) is 7.95. The summed E-state index contributed by atoms with van der Waals surface area (Å²) in [6, 6.07) is 1.57. The second kappa shape index (κ2) is 5.92. The van der Waals surface area contributed by atoms with Crippen molar-refractivity contribution >= 4 is 0 Å². The Hall–Kier alpha value is -0.0800. The van der Waals surface area contributed by atoms with E-state index in [1.54, 1.807) is 0 Å². The highest BCUT2D eigenvalue weighted by Gasteiger charge is 2.35. The lowest BCUT2D eigenvalue weighted by atomic mass is 9.81. The maximum Gasteiger partial charge on any atom is 0.0111 e. The van der Waals surface area contributed by atoms with Crippen LogP contribution < -0.4 is 10.6 Å². The second-order valence-electron chi connectivity index (χ2n) is 7.58. The molecule has 1 aliphatic heterocycles. The first-order chi connectivity index (χ1) is 8.48. The van der Waals surface area contributed by atoms with E-state index in [0.717, 1.165) is 23.9 Å². The van der Waals surface area contributed by atoms with Gasteiger partial charge in [0.2, 0.25) is 0 Å². The van der Waals surface area contributed by atoms with Crippen LogP contribution in [-0.4, -0.2) is 25.2 Å². The third-order valence-electron chi connectivity index (χ3n) is 5.35. The molecular weight excluding hydrogens is 220 g/mol. The van der Waals surface area contributed by atoms with Gasteiger partial charge in [0.25, 0.3) is 0 Å². The molecular formula is C16H32N2. The van der Waals surface area contributed by atoms with Gasteiger partial charge in [0, 0.05) is 12.1 Å². The van der Waals surface area contributed by atoms with E-state index >= 15 is 0 Å². The molecule has 4 unspecified atom stereocenters. The molecule has 0 bridgehead atoms. The zero-order valence-electron chi connectivity index (χ0n) is 12.8. The summed E-state index contributed by atoms with van der Waals surface area (Å²) in [5.74, 6) is 1.63. The van der Waals surface area contributed by atoms with E-state index < -0.39 is 0 Å². The first-order valence-corrected chi connectivity index (χ1v) is 7.95. The zero-order valence-corrected chi connectivity index (χ0v) is 12.8. The molecule has 4 atom stereocenters. The zero-order chi connectivity index (χ0) is 13.2. The SMILES string of the molecule is CC(CNC1CCCC1C1CCCN1)C(C)(C)C. The van der Waals surface area contributed by atoms with Gasteiger partial charge in [-0.2, -0.15) is 0 Å². The van der Waals surface area contributed by atoms with Crippen LogP contribution in [-0.2, 0) is 0 Å². The van der Waals surface area contributed by atoms with Crippen LogP contribution in [0.25, 0.3) is 0 Å². The van der Waals surface area contributed by atoms with Gasteiger partial charge in [-0.25, -0.2) is 0 Å². The molecule has 18 heavy (non-hydrogen) atoms. The van der Waals surface area contributed by atoms with E-state index in [4.69, 9.17) is 0 Å². The Morgan fingerprint density at radius 2 is 1.94 bits per heavy atom. The first kappa shape index (κ1) is 14.3. The molecule has 0 amide bonds. The Labute approximate surface area is 113 Å². The molecule has 2 N–H and O–H groups in total. The molecule has 0 spiro atoms. The van der Waals surface area contributed by atoms with Crippen molar-refractivity contribution in [2.75, 3.05) is 13.1 Å². The van der Waals surface area contributed by atoms with E-state index in [9.17, 15) is 0 Å². The monoisotopic (exact) mass is 252 g/mol. The van der Waals surface area contributed by atoms with Gasteiger partial charge < -0.3 is 10.6 Å². The summed E-state index contributed by atoms with van der Waals surface area (Å²) < 4.78 is 0. The molecule has 2 heteroatoms. The van der Waals surface area contributed by atoms with Crippen molar-refractivity contribution in [3.63, 3.8) is 0 Å². The minimum Gasteiger partial charge on any atom is -0.314 e. The number of hydrogen-bond acceptors (Lipinski definition) is 2. The molecule has 1 aliphatic carbocycles. The Morgan fingerprint density at radius 1 is 1.17 bits per heavy atom. The molecule has 0 aromatic rings. The third-order valence-corrected chi connectivity index (χ3v) is 5.35. The smallest absolute Gasteiger partial charge is 0.0111 e. The van der Waals surface area contributed by atoms with Gasteiger partial charge in [-0.05, 0) is 56.0 Å². The molecule has 0 aromatic heterocycles. The van der Waals surface area contributed by atoms with Crippen LogP contribution in [0.2, 0.25) is 0 Å². The molecule has 2 rings (SSSR count). The summed E-state index contributed by atoms with van der Waals surface area (Å²) in [4.78, 5) is 0. The van der Waals surface area contributed by atoms with Crippen LogP contribution in [0, 0.1) is 17.3 Å². The predicted molar refractivity (Wildman–Crippen MR) is 78.8 cm³/mol. The Morgan fingerprint density at radius 3 is 2.56 bits per heavy atom. The Balaban J connectivity index is 1.81. The summed E-state index contributed by atoms with van der Waals surface area (Å²) in [5.41, 5.74) is 0.423. The van der Waals surface area contributed by atoms with Gasteiger partial charge in [0.15, 0.2) is 0 Å². The summed E-state index contributed by atoms with van der Waals surface area (Å²) in [6.07, 6.45) is 7.02. The lowest BCUT2D eigenvalue weighted by Gasteiger charge is -2.32. The van der Waals surface area contributed by atoms with E-state index in [1.165, 1.54) is 45.2 Å². The Bertz CT molecular complexity index is 250. The standard InChI is InChI=1S/C16H32N2/c1-12(16(2,3)4)11-18-15-8-5-7-13(15)14-9-6-10-17-14/h12-15,17-18H,5-11H2,1-4H3. The molecule has 1 heterocycles. The average molecular weight is 252 g/mol. The van der Waals surface area contributed by atoms with Crippen molar-refractivity contribution in [3.8, 4) is 0 Å². The Kier molecular flexibility index (Phi) is 4.71. The lowest BCUT2D eigenvalue weighted by Crippen LogP contribution is -2.44. The highest BCUT2D eigenvalue weighted by atomic mass is 15.0. The molecule has 2 fully saturated rings. The summed E-state index contributed by atoms with van der Waals surface area (Å²) in [5, 5.41) is 7.58. The summed E-state index contributed by atoms with van der Waals surface area (Å²) in [6.45, 7) is 11.9. The molecule has 1 saturated heterocycles. The highest BCUT2D eigenvalue weighted by molar-refractivity contribution is 4.93. The van der Waals surface area contributed by atoms with Crippen LogP contribution in [0.1, 0.15) is 59.8 Å². The van der Waals surface area contributed by atoms with Crippen LogP contribution in [0.15, 0.2) is 0 Å². The van der Waals surface area contributed by atoms with E-state index in [0.29, 0.717) is 5.41 Å². The quantitative estimate of drug-likeness (QED) is 0.803. The topological polar surface area (TPSA) is 24.1 Å². The van der Waals surface area contributed by atoms with Gasteiger partial charge in [0.1, 0.15) is 0 Å². The third kappa shape index (κ3) is 3.48. The van der Waals surface area contributed by atoms with E-state index in [1.807, 2.05) is 0 Å². The second-order valence-corrected chi connectivity index (χ2v) is 7.58. The van der Waals surface area contributed by atoms with Crippen LogP contribution >= 0.6 is 0 Å². The van der Waals surface area contributed by atoms with Crippen LogP contribution in [0.4, 0.5) is 0 Å². The highest BCUT2D eigenvalue weighted by Crippen LogP contribution is 2.32. The number of nitrogens with one attached hydrogen (secondary N) is 2. The normalized spacial score (nSPS) is 35.0. The van der Waals surface area contributed by atoms with E-state index in [-0.39, 0.29) is 0 Å². The molecule has 106 valence electrons. The van der Waals surface area contributed by atoms with Crippen LogP contribution in [0.5, 0.6) is 0 Å². The van der Waals surface area contributed by atoms with Crippen LogP contribution in [0.3, 0.4) is 0 Å². The van der Waals surface area contributed by atoms with Crippen molar-refractivity contribution in [2.45, 2.75) is 71.9 Å². The molecule has 2 aliphatic rings. The van der Waals surface area contributed by atoms with Crippen molar-refractivity contribution < 1.29 is 0 Å². The number of hydrogen-bond donors (Lipinski definition) is 2. The van der Waals surface area contributed by atoms with Crippen molar-refractivity contribution in [3.05, 3.63) is 0 Å². The number of rotatable bonds is 4. The largest absolute Gasteiger partial charge is 0.314 e. The fourth-order valence-corrected chi connectivity index (χ4v) is 3.44. The van der Waals surface area contributed by atoms with E-state index in [2.05, 4.69) is 38.3 Å². The lowest BCUT2D eigenvalue weighted by molar-refractivity contribution is 0.229. The molecule has 0 radical (unpaired) electrons.